The lowest BCUT2D eigenvalue weighted by molar-refractivity contribution is 0.277. The third-order valence-corrected chi connectivity index (χ3v) is 3.57. The molecule has 0 spiro atoms. The molecule has 2 aromatic rings. The van der Waals surface area contributed by atoms with E-state index in [1.165, 1.54) is 12.1 Å². The molecule has 0 saturated carbocycles. The van der Waals surface area contributed by atoms with Gasteiger partial charge < -0.3 is 9.67 Å². The molecule has 0 unspecified atom stereocenters. The standard InChI is InChI=1S/C14H17FN2OS/c1-10(2)19-14-16-13(9-18)8-17(14)7-11-3-5-12(15)6-4-11/h3-6,8,10,18H,7,9H2,1-2H3. The van der Waals surface area contributed by atoms with E-state index in [0.717, 1.165) is 10.7 Å². The van der Waals surface area contributed by atoms with Gasteiger partial charge in [0, 0.05) is 18.0 Å². The van der Waals surface area contributed by atoms with Crippen molar-refractivity contribution in [2.45, 2.75) is 37.4 Å². The summed E-state index contributed by atoms with van der Waals surface area (Å²) in [6, 6.07) is 6.43. The number of halogens is 1. The van der Waals surface area contributed by atoms with Crippen LogP contribution in [0.4, 0.5) is 4.39 Å². The molecule has 0 saturated heterocycles. The number of thioether (sulfide) groups is 1. The monoisotopic (exact) mass is 280 g/mol. The number of aliphatic hydroxyl groups excluding tert-OH is 1. The Morgan fingerprint density at radius 3 is 2.58 bits per heavy atom. The summed E-state index contributed by atoms with van der Waals surface area (Å²) < 4.78 is 14.9. The molecule has 0 aliphatic heterocycles. The SMILES string of the molecule is CC(C)Sc1nc(CO)cn1Cc1ccc(F)cc1. The quantitative estimate of drug-likeness (QED) is 0.855. The van der Waals surface area contributed by atoms with Crippen molar-refractivity contribution >= 4 is 11.8 Å². The van der Waals surface area contributed by atoms with Gasteiger partial charge in [0.05, 0.1) is 12.3 Å². The van der Waals surface area contributed by atoms with Gasteiger partial charge in [-0.25, -0.2) is 9.37 Å². The number of benzene rings is 1. The lowest BCUT2D eigenvalue weighted by Crippen LogP contribution is -2.02. The van der Waals surface area contributed by atoms with E-state index in [1.54, 1.807) is 23.9 Å². The first-order valence-corrected chi connectivity index (χ1v) is 7.04. The topological polar surface area (TPSA) is 38.1 Å². The molecule has 1 aromatic heterocycles. The molecule has 0 atom stereocenters. The van der Waals surface area contributed by atoms with E-state index >= 15 is 0 Å². The van der Waals surface area contributed by atoms with Crippen molar-refractivity contribution in [3.63, 3.8) is 0 Å². The molecule has 3 nitrogen and oxygen atoms in total. The summed E-state index contributed by atoms with van der Waals surface area (Å²) >= 11 is 1.65. The number of rotatable bonds is 5. The maximum absolute atomic E-state index is 12.9. The first kappa shape index (κ1) is 14.1. The van der Waals surface area contributed by atoms with Crippen LogP contribution in [0.2, 0.25) is 0 Å². The van der Waals surface area contributed by atoms with Crippen molar-refractivity contribution in [2.75, 3.05) is 0 Å². The van der Waals surface area contributed by atoms with Crippen LogP contribution in [-0.4, -0.2) is 19.9 Å². The van der Waals surface area contributed by atoms with Gasteiger partial charge in [-0.05, 0) is 17.7 Å². The summed E-state index contributed by atoms with van der Waals surface area (Å²) in [5.41, 5.74) is 1.67. The molecule has 2 rings (SSSR count). The van der Waals surface area contributed by atoms with Crippen LogP contribution in [0.5, 0.6) is 0 Å². The number of hydrogen-bond donors (Lipinski definition) is 1. The van der Waals surface area contributed by atoms with Gasteiger partial charge in [0.2, 0.25) is 0 Å². The third-order valence-electron chi connectivity index (χ3n) is 2.56. The number of aliphatic hydroxyl groups is 1. The Morgan fingerprint density at radius 1 is 1.32 bits per heavy atom. The molecule has 1 aromatic carbocycles. The Hall–Kier alpha value is -1.33. The largest absolute Gasteiger partial charge is 0.390 e. The molecule has 0 aliphatic carbocycles. The molecule has 102 valence electrons. The summed E-state index contributed by atoms with van der Waals surface area (Å²) in [4.78, 5) is 4.38. The van der Waals surface area contributed by atoms with E-state index in [1.807, 2.05) is 10.8 Å². The van der Waals surface area contributed by atoms with Crippen LogP contribution >= 0.6 is 11.8 Å². The molecule has 0 bridgehead atoms. The van der Waals surface area contributed by atoms with Crippen LogP contribution < -0.4 is 0 Å². The molecule has 1 N–H and O–H groups in total. The zero-order chi connectivity index (χ0) is 13.8. The number of aromatic nitrogens is 2. The van der Waals surface area contributed by atoms with Crippen molar-refractivity contribution in [1.29, 1.82) is 0 Å². The fraction of sp³-hybridized carbons (Fsp3) is 0.357. The Kier molecular flexibility index (Phi) is 4.61. The van der Waals surface area contributed by atoms with Crippen LogP contribution in [0.3, 0.4) is 0 Å². The van der Waals surface area contributed by atoms with Gasteiger partial charge in [-0.2, -0.15) is 0 Å². The Labute approximate surface area is 116 Å². The smallest absolute Gasteiger partial charge is 0.168 e. The normalized spacial score (nSPS) is 11.2. The first-order valence-electron chi connectivity index (χ1n) is 6.16. The van der Waals surface area contributed by atoms with E-state index in [9.17, 15) is 9.50 Å². The average molecular weight is 280 g/mol. The van der Waals surface area contributed by atoms with E-state index in [-0.39, 0.29) is 12.4 Å². The highest BCUT2D eigenvalue weighted by Gasteiger charge is 2.10. The van der Waals surface area contributed by atoms with Gasteiger partial charge in [0.25, 0.3) is 0 Å². The number of nitrogens with zero attached hydrogens (tertiary/aromatic N) is 2. The zero-order valence-electron chi connectivity index (χ0n) is 11.0. The minimum Gasteiger partial charge on any atom is -0.390 e. The van der Waals surface area contributed by atoms with Crippen LogP contribution in [0.25, 0.3) is 0 Å². The Morgan fingerprint density at radius 2 is 2.00 bits per heavy atom. The first-order chi connectivity index (χ1) is 9.08. The maximum Gasteiger partial charge on any atom is 0.168 e. The minimum absolute atomic E-state index is 0.0674. The molecular weight excluding hydrogens is 263 g/mol. The predicted octanol–water partition coefficient (Wildman–Crippen LogP) is 3.06. The molecule has 0 amide bonds. The van der Waals surface area contributed by atoms with Gasteiger partial charge in [0.1, 0.15) is 5.82 Å². The molecule has 19 heavy (non-hydrogen) atoms. The van der Waals surface area contributed by atoms with Crippen LogP contribution in [0, 0.1) is 5.82 Å². The van der Waals surface area contributed by atoms with Crippen molar-refractivity contribution in [3.8, 4) is 0 Å². The van der Waals surface area contributed by atoms with Crippen LogP contribution in [-0.2, 0) is 13.2 Å². The summed E-state index contributed by atoms with van der Waals surface area (Å²) in [7, 11) is 0. The second-order valence-electron chi connectivity index (χ2n) is 4.59. The van der Waals surface area contributed by atoms with E-state index in [0.29, 0.717) is 17.5 Å². The molecule has 1 heterocycles. The average Bonchev–Trinajstić information content (AvgIpc) is 2.74. The second-order valence-corrected chi connectivity index (χ2v) is 6.14. The zero-order valence-corrected chi connectivity index (χ0v) is 11.8. The lowest BCUT2D eigenvalue weighted by Gasteiger charge is -2.09. The summed E-state index contributed by atoms with van der Waals surface area (Å²) in [5, 5.41) is 10.5. The molecule has 0 aliphatic rings. The van der Waals surface area contributed by atoms with Crippen molar-refractivity contribution in [3.05, 3.63) is 47.5 Å². The van der Waals surface area contributed by atoms with Gasteiger partial charge >= 0.3 is 0 Å². The highest BCUT2D eigenvalue weighted by Crippen LogP contribution is 2.23. The van der Waals surface area contributed by atoms with Crippen molar-refractivity contribution in [1.82, 2.24) is 9.55 Å². The second kappa shape index (κ2) is 6.21. The van der Waals surface area contributed by atoms with Crippen molar-refractivity contribution < 1.29 is 9.50 Å². The van der Waals surface area contributed by atoms with Gasteiger partial charge in [-0.15, -0.1) is 0 Å². The third kappa shape index (κ3) is 3.81. The fourth-order valence-electron chi connectivity index (χ4n) is 1.73. The maximum atomic E-state index is 12.9. The van der Waals surface area contributed by atoms with Crippen LogP contribution in [0.15, 0.2) is 35.6 Å². The summed E-state index contributed by atoms with van der Waals surface area (Å²) in [5.74, 6) is -0.234. The fourth-order valence-corrected chi connectivity index (χ4v) is 2.58. The number of hydrogen-bond acceptors (Lipinski definition) is 3. The Bertz CT molecular complexity index is 537. The summed E-state index contributed by atoms with van der Waals surface area (Å²) in [6.07, 6.45) is 1.84. The molecule has 5 heteroatoms. The van der Waals surface area contributed by atoms with Crippen molar-refractivity contribution in [2.24, 2.45) is 0 Å². The molecular formula is C14H17FN2OS. The highest BCUT2D eigenvalue weighted by molar-refractivity contribution is 7.99. The van der Waals surface area contributed by atoms with Gasteiger partial charge in [-0.3, -0.25) is 0 Å². The molecule has 0 fully saturated rings. The van der Waals surface area contributed by atoms with E-state index < -0.39 is 0 Å². The van der Waals surface area contributed by atoms with Crippen LogP contribution in [0.1, 0.15) is 25.1 Å². The predicted molar refractivity (Wildman–Crippen MR) is 74.6 cm³/mol. The number of imidazole rings is 1. The van der Waals surface area contributed by atoms with Gasteiger partial charge in [-0.1, -0.05) is 37.7 Å². The van der Waals surface area contributed by atoms with Gasteiger partial charge in [0.15, 0.2) is 5.16 Å². The van der Waals surface area contributed by atoms with E-state index in [2.05, 4.69) is 18.8 Å². The highest BCUT2D eigenvalue weighted by atomic mass is 32.2. The lowest BCUT2D eigenvalue weighted by atomic mass is 10.2. The molecule has 0 radical (unpaired) electrons. The minimum atomic E-state index is -0.234. The van der Waals surface area contributed by atoms with E-state index in [4.69, 9.17) is 0 Å². The summed E-state index contributed by atoms with van der Waals surface area (Å²) in [6.45, 7) is 4.75. The Balaban J connectivity index is 2.22.